The molecule has 2 nitrogen and oxygen atoms in total. The molecule has 0 aliphatic carbocycles. The minimum atomic E-state index is -2.25. The monoisotopic (exact) mass is 241 g/mol. The standard InChI is InChI=1S/C9H8F5NO/c10-5-4(3(16)1-2-15)6(11)8(13)9(14)7(5)12/h3,16H,1-2,15H2/t3-/m1/s1. The Morgan fingerprint density at radius 2 is 1.25 bits per heavy atom. The smallest absolute Gasteiger partial charge is 0.200 e. The average molecular weight is 241 g/mol. The van der Waals surface area contributed by atoms with Gasteiger partial charge < -0.3 is 10.8 Å². The van der Waals surface area contributed by atoms with Gasteiger partial charge in [-0.25, -0.2) is 22.0 Å². The Bertz CT molecular complexity index is 380. The lowest BCUT2D eigenvalue weighted by molar-refractivity contribution is 0.156. The summed E-state index contributed by atoms with van der Waals surface area (Å²) in [5, 5.41) is 9.21. The molecule has 16 heavy (non-hydrogen) atoms. The maximum Gasteiger partial charge on any atom is 0.200 e. The Balaban J connectivity index is 3.39. The summed E-state index contributed by atoms with van der Waals surface area (Å²) in [6, 6.07) is 0. The van der Waals surface area contributed by atoms with Crippen LogP contribution in [0.2, 0.25) is 0 Å². The molecular formula is C9H8F5NO. The predicted molar refractivity (Wildman–Crippen MR) is 44.9 cm³/mol. The number of hydrogen-bond acceptors (Lipinski definition) is 2. The van der Waals surface area contributed by atoms with Gasteiger partial charge in [0.05, 0.1) is 11.7 Å². The van der Waals surface area contributed by atoms with Crippen LogP contribution >= 0.6 is 0 Å². The number of hydrogen-bond donors (Lipinski definition) is 2. The van der Waals surface area contributed by atoms with Crippen molar-refractivity contribution in [2.24, 2.45) is 5.73 Å². The van der Waals surface area contributed by atoms with E-state index in [9.17, 15) is 27.1 Å². The molecule has 0 aromatic heterocycles. The van der Waals surface area contributed by atoms with Crippen molar-refractivity contribution < 1.29 is 27.1 Å². The molecule has 0 aliphatic rings. The molecule has 1 aromatic carbocycles. The first-order chi connectivity index (χ1) is 7.41. The van der Waals surface area contributed by atoms with Crippen LogP contribution < -0.4 is 5.73 Å². The van der Waals surface area contributed by atoms with E-state index in [1.807, 2.05) is 0 Å². The second kappa shape index (κ2) is 4.75. The van der Waals surface area contributed by atoms with E-state index in [4.69, 9.17) is 5.73 Å². The van der Waals surface area contributed by atoms with E-state index in [0.717, 1.165) is 0 Å². The largest absolute Gasteiger partial charge is 0.388 e. The summed E-state index contributed by atoms with van der Waals surface area (Å²) in [5.41, 5.74) is 3.76. The Hall–Kier alpha value is -1.21. The van der Waals surface area contributed by atoms with Crippen molar-refractivity contribution in [1.82, 2.24) is 0 Å². The highest BCUT2D eigenvalue weighted by atomic mass is 19.2. The zero-order valence-corrected chi connectivity index (χ0v) is 7.91. The van der Waals surface area contributed by atoms with Gasteiger partial charge in [-0.3, -0.25) is 0 Å². The third-order valence-electron chi connectivity index (χ3n) is 2.02. The molecule has 7 heteroatoms. The maximum atomic E-state index is 13.1. The third kappa shape index (κ3) is 2.00. The lowest BCUT2D eigenvalue weighted by atomic mass is 10.0. The summed E-state index contributed by atoms with van der Waals surface area (Å²) < 4.78 is 64.1. The van der Waals surface area contributed by atoms with Crippen molar-refractivity contribution in [3.8, 4) is 0 Å². The van der Waals surface area contributed by atoms with Crippen molar-refractivity contribution >= 4 is 0 Å². The lowest BCUT2D eigenvalue weighted by Crippen LogP contribution is -2.14. The van der Waals surface area contributed by atoms with Gasteiger partial charge >= 0.3 is 0 Å². The van der Waals surface area contributed by atoms with E-state index >= 15 is 0 Å². The van der Waals surface area contributed by atoms with Gasteiger partial charge in [-0.1, -0.05) is 0 Å². The van der Waals surface area contributed by atoms with Crippen LogP contribution in [-0.2, 0) is 0 Å². The summed E-state index contributed by atoms with van der Waals surface area (Å²) in [6.45, 7) is -0.152. The van der Waals surface area contributed by atoms with Gasteiger partial charge in [-0.05, 0) is 13.0 Å². The molecule has 0 unspecified atom stereocenters. The van der Waals surface area contributed by atoms with Gasteiger partial charge in [0, 0.05) is 0 Å². The molecule has 0 heterocycles. The van der Waals surface area contributed by atoms with Crippen molar-refractivity contribution in [3.63, 3.8) is 0 Å². The maximum absolute atomic E-state index is 13.1. The van der Waals surface area contributed by atoms with Gasteiger partial charge in [-0.2, -0.15) is 0 Å². The highest BCUT2D eigenvalue weighted by molar-refractivity contribution is 5.26. The first-order valence-corrected chi connectivity index (χ1v) is 4.31. The molecule has 0 aliphatic heterocycles. The van der Waals surface area contributed by atoms with Gasteiger partial charge in [0.2, 0.25) is 5.82 Å². The Labute approximate surface area is 87.5 Å². The van der Waals surface area contributed by atoms with Gasteiger partial charge in [0.25, 0.3) is 0 Å². The molecule has 0 radical (unpaired) electrons. The van der Waals surface area contributed by atoms with Gasteiger partial charge in [0.15, 0.2) is 23.3 Å². The van der Waals surface area contributed by atoms with Crippen LogP contribution in [0.5, 0.6) is 0 Å². The first-order valence-electron chi connectivity index (χ1n) is 4.31. The van der Waals surface area contributed by atoms with Crippen LogP contribution in [0.25, 0.3) is 0 Å². The van der Waals surface area contributed by atoms with E-state index in [-0.39, 0.29) is 13.0 Å². The molecular weight excluding hydrogens is 233 g/mol. The van der Waals surface area contributed by atoms with Crippen LogP contribution in [0.15, 0.2) is 0 Å². The quantitative estimate of drug-likeness (QED) is 0.481. The molecule has 0 amide bonds. The summed E-state index contributed by atoms with van der Waals surface area (Å²) in [7, 11) is 0. The number of aliphatic hydroxyl groups excluding tert-OH is 1. The van der Waals surface area contributed by atoms with E-state index < -0.39 is 40.8 Å². The molecule has 1 rings (SSSR count). The molecule has 1 aromatic rings. The van der Waals surface area contributed by atoms with Crippen LogP contribution in [0.3, 0.4) is 0 Å². The summed E-state index contributed by atoms with van der Waals surface area (Å²) in [4.78, 5) is 0. The van der Waals surface area contributed by atoms with Crippen LogP contribution in [0.1, 0.15) is 18.1 Å². The molecule has 0 bridgehead atoms. The van der Waals surface area contributed by atoms with E-state index in [0.29, 0.717) is 0 Å². The zero-order valence-electron chi connectivity index (χ0n) is 7.91. The molecule has 0 saturated heterocycles. The summed E-state index contributed by atoms with van der Waals surface area (Å²) >= 11 is 0. The SMILES string of the molecule is NCC[C@@H](O)c1c(F)c(F)c(F)c(F)c1F. The van der Waals surface area contributed by atoms with Crippen molar-refractivity contribution in [1.29, 1.82) is 0 Å². The topological polar surface area (TPSA) is 46.2 Å². The molecule has 3 N–H and O–H groups in total. The van der Waals surface area contributed by atoms with Gasteiger partial charge in [-0.15, -0.1) is 0 Å². The molecule has 1 atom stereocenters. The van der Waals surface area contributed by atoms with Crippen LogP contribution in [0, 0.1) is 29.1 Å². The first kappa shape index (κ1) is 12.9. The fourth-order valence-corrected chi connectivity index (χ4v) is 1.22. The van der Waals surface area contributed by atoms with Crippen molar-refractivity contribution in [2.45, 2.75) is 12.5 Å². The Kier molecular flexibility index (Phi) is 3.82. The van der Waals surface area contributed by atoms with Crippen molar-refractivity contribution in [3.05, 3.63) is 34.6 Å². The average Bonchev–Trinajstić information content (AvgIpc) is 2.24. The Morgan fingerprint density at radius 3 is 1.62 bits per heavy atom. The van der Waals surface area contributed by atoms with Gasteiger partial charge in [0.1, 0.15) is 0 Å². The number of benzene rings is 1. The summed E-state index contributed by atoms with van der Waals surface area (Å²) in [6.07, 6.45) is -2.13. The van der Waals surface area contributed by atoms with E-state index in [1.165, 1.54) is 0 Å². The minimum absolute atomic E-state index is 0.152. The number of rotatable bonds is 3. The van der Waals surface area contributed by atoms with E-state index in [1.54, 1.807) is 0 Å². The number of nitrogens with two attached hydrogens (primary N) is 1. The second-order valence-electron chi connectivity index (χ2n) is 3.08. The van der Waals surface area contributed by atoms with Crippen LogP contribution in [-0.4, -0.2) is 11.7 Å². The van der Waals surface area contributed by atoms with Crippen LogP contribution in [0.4, 0.5) is 22.0 Å². The molecule has 0 saturated carbocycles. The minimum Gasteiger partial charge on any atom is -0.388 e. The normalized spacial score (nSPS) is 12.9. The fourth-order valence-electron chi connectivity index (χ4n) is 1.22. The predicted octanol–water partition coefficient (Wildman–Crippen LogP) is 1.76. The third-order valence-corrected chi connectivity index (χ3v) is 2.02. The van der Waals surface area contributed by atoms with E-state index in [2.05, 4.69) is 0 Å². The zero-order chi connectivity index (χ0) is 12.5. The molecule has 0 fully saturated rings. The summed E-state index contributed by atoms with van der Waals surface area (Å²) in [5.74, 6) is -10.5. The highest BCUT2D eigenvalue weighted by Crippen LogP contribution is 2.28. The fraction of sp³-hybridized carbons (Fsp3) is 0.333. The second-order valence-corrected chi connectivity index (χ2v) is 3.08. The lowest BCUT2D eigenvalue weighted by Gasteiger charge is -2.13. The number of halogens is 5. The van der Waals surface area contributed by atoms with Crippen molar-refractivity contribution in [2.75, 3.05) is 6.54 Å². The number of aliphatic hydroxyl groups is 1. The Morgan fingerprint density at radius 1 is 0.875 bits per heavy atom. The molecule has 0 spiro atoms. The molecule has 90 valence electrons. The highest BCUT2D eigenvalue weighted by Gasteiger charge is 2.29.